The molecule has 0 aliphatic carbocycles. The number of hydrogen-bond acceptors (Lipinski definition) is 6. The van der Waals surface area contributed by atoms with Crippen molar-refractivity contribution in [3.8, 4) is 10.7 Å². The van der Waals surface area contributed by atoms with Gasteiger partial charge in [-0.2, -0.15) is 0 Å². The van der Waals surface area contributed by atoms with E-state index in [4.69, 9.17) is 4.42 Å². The zero-order chi connectivity index (χ0) is 22.8. The van der Waals surface area contributed by atoms with Crippen LogP contribution in [0.4, 0.5) is 4.39 Å². The van der Waals surface area contributed by atoms with E-state index in [1.807, 2.05) is 30.0 Å². The maximum absolute atomic E-state index is 13.3. The summed E-state index contributed by atoms with van der Waals surface area (Å²) in [5.41, 5.74) is 2.46. The van der Waals surface area contributed by atoms with Gasteiger partial charge in [0.05, 0.1) is 23.5 Å². The van der Waals surface area contributed by atoms with Crippen molar-refractivity contribution in [3.63, 3.8) is 0 Å². The molecule has 5 rings (SSSR count). The van der Waals surface area contributed by atoms with Gasteiger partial charge in [0.25, 0.3) is 5.91 Å². The molecule has 1 aromatic carbocycles. The number of carbonyl (C=O) groups excluding carboxylic acids is 1. The van der Waals surface area contributed by atoms with E-state index < -0.39 is 0 Å². The lowest BCUT2D eigenvalue weighted by Gasteiger charge is -2.31. The second-order valence-electron chi connectivity index (χ2n) is 8.21. The Labute approximate surface area is 195 Å². The van der Waals surface area contributed by atoms with Crippen LogP contribution in [0.15, 0.2) is 59.3 Å². The van der Waals surface area contributed by atoms with Crippen LogP contribution >= 0.6 is 11.3 Å². The van der Waals surface area contributed by atoms with Crippen LogP contribution in [0.2, 0.25) is 0 Å². The number of aryl methyl sites for hydroxylation is 1. The zero-order valence-corrected chi connectivity index (χ0v) is 19.0. The van der Waals surface area contributed by atoms with Gasteiger partial charge >= 0.3 is 0 Å². The third kappa shape index (κ3) is 4.71. The minimum atomic E-state index is -0.257. The van der Waals surface area contributed by atoms with E-state index >= 15 is 0 Å². The summed E-state index contributed by atoms with van der Waals surface area (Å²) < 4.78 is 19.2. The largest absolute Gasteiger partial charge is 0.445 e. The molecule has 8 heteroatoms. The SMILES string of the molecule is Cc1nc(-c2ccccn2)sc1C(=O)N1CCCC(c2ncc(Cc3ccc(F)cc3)o2)C1. The molecule has 1 aliphatic heterocycles. The zero-order valence-electron chi connectivity index (χ0n) is 18.2. The Morgan fingerprint density at radius 2 is 2.06 bits per heavy atom. The summed E-state index contributed by atoms with van der Waals surface area (Å²) in [6.45, 7) is 3.13. The smallest absolute Gasteiger partial charge is 0.265 e. The third-order valence-corrected chi connectivity index (χ3v) is 6.96. The lowest BCUT2D eigenvalue weighted by Crippen LogP contribution is -2.39. The molecule has 0 saturated carbocycles. The number of pyridine rings is 1. The lowest BCUT2D eigenvalue weighted by atomic mass is 9.98. The summed E-state index contributed by atoms with van der Waals surface area (Å²) in [4.78, 5) is 29.2. The van der Waals surface area contributed by atoms with Crippen LogP contribution < -0.4 is 0 Å². The summed E-state index contributed by atoms with van der Waals surface area (Å²) in [6, 6.07) is 12.0. The standard InChI is InChI=1S/C25H23FN4O2S/c1-16-22(33-24(29-16)21-6-2-3-11-27-21)25(31)30-12-4-5-18(15-30)23-28-14-20(32-23)13-17-7-9-19(26)10-8-17/h2-3,6-11,14,18H,4-5,12-13,15H2,1H3. The number of carbonyl (C=O) groups is 1. The number of rotatable bonds is 5. The number of likely N-dealkylation sites (tertiary alicyclic amines) is 1. The van der Waals surface area contributed by atoms with E-state index in [0.29, 0.717) is 30.3 Å². The molecule has 1 saturated heterocycles. The van der Waals surface area contributed by atoms with Gasteiger partial charge < -0.3 is 9.32 Å². The molecule has 1 fully saturated rings. The van der Waals surface area contributed by atoms with Crippen molar-refractivity contribution in [2.45, 2.75) is 32.1 Å². The minimum absolute atomic E-state index is 0.00465. The molecule has 4 aromatic rings. The fraction of sp³-hybridized carbons (Fsp3) is 0.280. The van der Waals surface area contributed by atoms with Gasteiger partial charge in [0.2, 0.25) is 0 Å². The number of amides is 1. The predicted molar refractivity (Wildman–Crippen MR) is 124 cm³/mol. The van der Waals surface area contributed by atoms with Gasteiger partial charge in [-0.1, -0.05) is 18.2 Å². The minimum Gasteiger partial charge on any atom is -0.445 e. The fourth-order valence-electron chi connectivity index (χ4n) is 4.10. The van der Waals surface area contributed by atoms with Crippen molar-refractivity contribution >= 4 is 17.2 Å². The summed E-state index contributed by atoms with van der Waals surface area (Å²) in [5.74, 6) is 1.17. The Morgan fingerprint density at radius 1 is 1.21 bits per heavy atom. The highest BCUT2D eigenvalue weighted by molar-refractivity contribution is 7.17. The Morgan fingerprint density at radius 3 is 2.85 bits per heavy atom. The number of aromatic nitrogens is 3. The highest BCUT2D eigenvalue weighted by Gasteiger charge is 2.30. The highest BCUT2D eigenvalue weighted by atomic mass is 32.1. The van der Waals surface area contributed by atoms with E-state index in [9.17, 15) is 9.18 Å². The van der Waals surface area contributed by atoms with Crippen molar-refractivity contribution in [2.24, 2.45) is 0 Å². The summed E-state index contributed by atoms with van der Waals surface area (Å²) in [7, 11) is 0. The van der Waals surface area contributed by atoms with Gasteiger partial charge in [-0.15, -0.1) is 11.3 Å². The van der Waals surface area contributed by atoms with Crippen molar-refractivity contribution in [1.82, 2.24) is 19.9 Å². The summed E-state index contributed by atoms with van der Waals surface area (Å²) in [5, 5.41) is 0.753. The molecule has 0 radical (unpaired) electrons. The van der Waals surface area contributed by atoms with Gasteiger partial charge in [-0.25, -0.2) is 14.4 Å². The molecule has 1 unspecified atom stereocenters. The van der Waals surface area contributed by atoms with Crippen LogP contribution in [0.5, 0.6) is 0 Å². The molecular weight excluding hydrogens is 439 g/mol. The first kappa shape index (κ1) is 21.5. The van der Waals surface area contributed by atoms with Crippen LogP contribution in [0, 0.1) is 12.7 Å². The van der Waals surface area contributed by atoms with Crippen molar-refractivity contribution < 1.29 is 13.6 Å². The average Bonchev–Trinajstić information content (AvgIpc) is 3.47. The van der Waals surface area contributed by atoms with Crippen LogP contribution in [0.1, 0.15) is 51.3 Å². The predicted octanol–water partition coefficient (Wildman–Crippen LogP) is 5.25. The summed E-state index contributed by atoms with van der Waals surface area (Å²) >= 11 is 1.39. The molecule has 33 heavy (non-hydrogen) atoms. The Bertz CT molecular complexity index is 1250. The van der Waals surface area contributed by atoms with E-state index in [1.165, 1.54) is 23.5 Å². The van der Waals surface area contributed by atoms with E-state index in [2.05, 4.69) is 15.0 Å². The summed E-state index contributed by atoms with van der Waals surface area (Å²) in [6.07, 6.45) is 5.81. The average molecular weight is 463 g/mol. The Balaban J connectivity index is 1.28. The van der Waals surface area contributed by atoms with Crippen LogP contribution in [-0.4, -0.2) is 38.8 Å². The number of hydrogen-bond donors (Lipinski definition) is 0. The van der Waals surface area contributed by atoms with Crippen LogP contribution in [-0.2, 0) is 6.42 Å². The molecule has 1 amide bonds. The molecule has 1 aliphatic rings. The van der Waals surface area contributed by atoms with Gasteiger partial charge in [-0.3, -0.25) is 9.78 Å². The van der Waals surface area contributed by atoms with Crippen molar-refractivity contribution in [1.29, 1.82) is 0 Å². The maximum Gasteiger partial charge on any atom is 0.265 e. The first-order valence-corrected chi connectivity index (χ1v) is 11.8. The number of halogens is 1. The van der Waals surface area contributed by atoms with E-state index in [-0.39, 0.29) is 17.6 Å². The monoisotopic (exact) mass is 462 g/mol. The van der Waals surface area contributed by atoms with E-state index in [0.717, 1.165) is 40.6 Å². The number of benzene rings is 1. The molecule has 1 atom stereocenters. The molecule has 3 aromatic heterocycles. The molecular formula is C25H23FN4O2S. The van der Waals surface area contributed by atoms with Crippen LogP contribution in [0.25, 0.3) is 10.7 Å². The number of piperidine rings is 1. The van der Waals surface area contributed by atoms with Crippen LogP contribution in [0.3, 0.4) is 0 Å². The molecule has 168 valence electrons. The fourth-order valence-corrected chi connectivity index (χ4v) is 5.11. The maximum atomic E-state index is 13.3. The Hall–Kier alpha value is -3.39. The highest BCUT2D eigenvalue weighted by Crippen LogP contribution is 2.31. The molecule has 0 spiro atoms. The quantitative estimate of drug-likeness (QED) is 0.405. The number of oxazole rings is 1. The van der Waals surface area contributed by atoms with Gasteiger partial charge in [0.15, 0.2) is 5.89 Å². The van der Waals surface area contributed by atoms with Crippen molar-refractivity contribution in [2.75, 3.05) is 13.1 Å². The molecule has 4 heterocycles. The van der Waals surface area contributed by atoms with Gasteiger partial charge in [0.1, 0.15) is 21.5 Å². The lowest BCUT2D eigenvalue weighted by molar-refractivity contribution is 0.0702. The first-order chi connectivity index (χ1) is 16.1. The van der Waals surface area contributed by atoms with Gasteiger partial charge in [-0.05, 0) is 49.6 Å². The second kappa shape index (κ2) is 9.23. The Kier molecular flexibility index (Phi) is 6.00. The van der Waals surface area contributed by atoms with Gasteiger partial charge in [0, 0.05) is 25.7 Å². The second-order valence-corrected chi connectivity index (χ2v) is 9.21. The molecule has 0 bridgehead atoms. The number of nitrogens with zero attached hydrogens (tertiary/aromatic N) is 4. The third-order valence-electron chi connectivity index (χ3n) is 5.80. The topological polar surface area (TPSA) is 72.1 Å². The molecule has 0 N–H and O–H groups in total. The first-order valence-electron chi connectivity index (χ1n) is 10.9. The number of thiazole rings is 1. The normalized spacial score (nSPS) is 16.2. The molecule has 6 nitrogen and oxygen atoms in total. The van der Waals surface area contributed by atoms with Crippen molar-refractivity contribution in [3.05, 3.63) is 88.5 Å². The van der Waals surface area contributed by atoms with E-state index in [1.54, 1.807) is 24.5 Å².